The predicted octanol–water partition coefficient (Wildman–Crippen LogP) is 2.31. The third kappa shape index (κ3) is 2.83. The molecule has 1 saturated heterocycles. The highest BCUT2D eigenvalue weighted by atomic mass is 19.1. The van der Waals surface area contributed by atoms with E-state index in [4.69, 9.17) is 0 Å². The van der Waals surface area contributed by atoms with Gasteiger partial charge in [0.25, 0.3) is 5.91 Å². The monoisotopic (exact) mass is 304 g/mol. The van der Waals surface area contributed by atoms with E-state index in [1.54, 1.807) is 0 Å². The van der Waals surface area contributed by atoms with Gasteiger partial charge in [0, 0.05) is 12.6 Å². The fourth-order valence-electron chi connectivity index (χ4n) is 3.14. The van der Waals surface area contributed by atoms with Gasteiger partial charge in [0.05, 0.1) is 17.4 Å². The van der Waals surface area contributed by atoms with Crippen LogP contribution in [0.4, 0.5) is 4.39 Å². The van der Waals surface area contributed by atoms with Gasteiger partial charge < -0.3 is 15.2 Å². The Morgan fingerprint density at radius 1 is 1.41 bits per heavy atom. The average Bonchev–Trinajstić information content (AvgIpc) is 3.00. The van der Waals surface area contributed by atoms with Gasteiger partial charge in [-0.1, -0.05) is 6.92 Å². The van der Waals surface area contributed by atoms with E-state index in [1.807, 2.05) is 4.90 Å². The van der Waals surface area contributed by atoms with Gasteiger partial charge >= 0.3 is 0 Å². The number of benzene rings is 1. The number of H-pyrrole nitrogens is 1. The summed E-state index contributed by atoms with van der Waals surface area (Å²) < 4.78 is 13.8. The van der Waals surface area contributed by atoms with Gasteiger partial charge in [-0.05, 0) is 44.5 Å². The molecule has 0 saturated carbocycles. The number of aromatic amines is 1. The molecular weight excluding hydrogens is 283 g/mol. The molecule has 3 rings (SSSR count). The minimum absolute atomic E-state index is 0.120. The second-order valence-corrected chi connectivity index (χ2v) is 5.73. The molecule has 0 spiro atoms. The molecule has 5 nitrogen and oxygen atoms in total. The van der Waals surface area contributed by atoms with Crippen LogP contribution in [0.3, 0.4) is 0 Å². The van der Waals surface area contributed by atoms with Crippen molar-refractivity contribution >= 4 is 16.9 Å². The first-order chi connectivity index (χ1) is 10.7. The maximum atomic E-state index is 13.8. The number of rotatable bonds is 4. The zero-order valence-corrected chi connectivity index (χ0v) is 12.7. The van der Waals surface area contributed by atoms with Crippen molar-refractivity contribution in [3.8, 4) is 0 Å². The number of fused-ring (bicyclic) bond motifs is 1. The van der Waals surface area contributed by atoms with Crippen LogP contribution in [0.15, 0.2) is 18.5 Å². The number of imidazole rings is 1. The topological polar surface area (TPSA) is 61.0 Å². The van der Waals surface area contributed by atoms with Crippen LogP contribution in [0.25, 0.3) is 11.0 Å². The minimum Gasteiger partial charge on any atom is -0.344 e. The number of carbonyl (C=O) groups excluding carboxylic acids is 1. The number of halogens is 1. The SMILES string of the molecule is CCCN(C(=O)c1cc(F)cc2[nH]cnc12)C1CCNCC1. The van der Waals surface area contributed by atoms with Crippen molar-refractivity contribution in [2.24, 2.45) is 0 Å². The van der Waals surface area contributed by atoms with Gasteiger partial charge in [-0.25, -0.2) is 9.37 Å². The number of aromatic nitrogens is 2. The van der Waals surface area contributed by atoms with Crippen LogP contribution in [0.1, 0.15) is 36.5 Å². The largest absolute Gasteiger partial charge is 0.344 e. The van der Waals surface area contributed by atoms with E-state index in [0.717, 1.165) is 32.4 Å². The molecule has 2 heterocycles. The highest BCUT2D eigenvalue weighted by Gasteiger charge is 2.27. The number of nitrogens with zero attached hydrogens (tertiary/aromatic N) is 2. The van der Waals surface area contributed by atoms with Crippen molar-refractivity contribution < 1.29 is 9.18 Å². The molecule has 0 bridgehead atoms. The number of piperidine rings is 1. The Balaban J connectivity index is 1.95. The highest BCUT2D eigenvalue weighted by Crippen LogP contribution is 2.22. The molecule has 0 aliphatic carbocycles. The van der Waals surface area contributed by atoms with E-state index in [1.165, 1.54) is 18.5 Å². The van der Waals surface area contributed by atoms with Gasteiger partial charge in [0.2, 0.25) is 0 Å². The molecule has 1 aromatic carbocycles. The van der Waals surface area contributed by atoms with Crippen LogP contribution in [0.5, 0.6) is 0 Å². The van der Waals surface area contributed by atoms with Crippen molar-refractivity contribution in [1.82, 2.24) is 20.2 Å². The number of nitrogens with one attached hydrogen (secondary N) is 2. The van der Waals surface area contributed by atoms with Crippen molar-refractivity contribution in [2.45, 2.75) is 32.2 Å². The van der Waals surface area contributed by atoms with Crippen LogP contribution < -0.4 is 5.32 Å². The summed E-state index contributed by atoms with van der Waals surface area (Å²) in [6, 6.07) is 2.88. The van der Waals surface area contributed by atoms with Crippen molar-refractivity contribution in [1.29, 1.82) is 0 Å². The number of carbonyl (C=O) groups is 1. The molecule has 0 atom stereocenters. The Labute approximate surface area is 128 Å². The molecule has 0 unspecified atom stereocenters. The quantitative estimate of drug-likeness (QED) is 0.911. The van der Waals surface area contributed by atoms with E-state index in [-0.39, 0.29) is 11.9 Å². The molecule has 2 aromatic rings. The molecule has 2 N–H and O–H groups in total. The second kappa shape index (κ2) is 6.44. The molecule has 1 fully saturated rings. The van der Waals surface area contributed by atoms with Gasteiger partial charge in [-0.2, -0.15) is 0 Å². The molecule has 6 heteroatoms. The third-order valence-corrected chi connectivity index (χ3v) is 4.19. The molecule has 0 radical (unpaired) electrons. The second-order valence-electron chi connectivity index (χ2n) is 5.73. The fourth-order valence-corrected chi connectivity index (χ4v) is 3.14. The number of hydrogen-bond donors (Lipinski definition) is 2. The van der Waals surface area contributed by atoms with Gasteiger partial charge in [-0.3, -0.25) is 4.79 Å². The molecule has 22 heavy (non-hydrogen) atoms. The highest BCUT2D eigenvalue weighted by molar-refractivity contribution is 6.05. The van der Waals surface area contributed by atoms with E-state index in [0.29, 0.717) is 23.1 Å². The third-order valence-electron chi connectivity index (χ3n) is 4.19. The van der Waals surface area contributed by atoms with Gasteiger partial charge in [0.15, 0.2) is 0 Å². The van der Waals surface area contributed by atoms with E-state index >= 15 is 0 Å². The summed E-state index contributed by atoms with van der Waals surface area (Å²) in [7, 11) is 0. The first-order valence-electron chi connectivity index (χ1n) is 7.85. The zero-order chi connectivity index (χ0) is 15.5. The summed E-state index contributed by atoms with van der Waals surface area (Å²) in [6.07, 6.45) is 4.25. The van der Waals surface area contributed by atoms with Crippen LogP contribution in [0, 0.1) is 5.82 Å². The maximum Gasteiger partial charge on any atom is 0.256 e. The molecule has 1 aliphatic rings. The lowest BCUT2D eigenvalue weighted by atomic mass is 10.0. The van der Waals surface area contributed by atoms with Crippen molar-refractivity contribution in [3.05, 3.63) is 29.8 Å². The Kier molecular flexibility index (Phi) is 4.38. The molecule has 118 valence electrons. The number of hydrogen-bond acceptors (Lipinski definition) is 3. The Hall–Kier alpha value is -1.95. The molecule has 1 amide bonds. The molecule has 1 aliphatic heterocycles. The Morgan fingerprint density at radius 3 is 2.91 bits per heavy atom. The molecular formula is C16H21FN4O. The lowest BCUT2D eigenvalue weighted by molar-refractivity contribution is 0.0644. The predicted molar refractivity (Wildman–Crippen MR) is 83.3 cm³/mol. The summed E-state index contributed by atoms with van der Waals surface area (Å²) in [5.41, 5.74) is 1.45. The smallest absolute Gasteiger partial charge is 0.256 e. The zero-order valence-electron chi connectivity index (χ0n) is 12.7. The van der Waals surface area contributed by atoms with Crippen LogP contribution >= 0.6 is 0 Å². The Morgan fingerprint density at radius 2 is 2.18 bits per heavy atom. The van der Waals surface area contributed by atoms with Crippen LogP contribution in [-0.4, -0.2) is 46.5 Å². The van der Waals surface area contributed by atoms with E-state index < -0.39 is 5.82 Å². The fraction of sp³-hybridized carbons (Fsp3) is 0.500. The number of amides is 1. The first kappa shape index (κ1) is 15.0. The maximum absolute atomic E-state index is 13.8. The average molecular weight is 304 g/mol. The lowest BCUT2D eigenvalue weighted by Crippen LogP contribution is -2.46. The molecule has 1 aromatic heterocycles. The van der Waals surface area contributed by atoms with Crippen LogP contribution in [-0.2, 0) is 0 Å². The van der Waals surface area contributed by atoms with Crippen LogP contribution in [0.2, 0.25) is 0 Å². The Bertz CT molecular complexity index is 663. The van der Waals surface area contributed by atoms with E-state index in [2.05, 4.69) is 22.2 Å². The first-order valence-corrected chi connectivity index (χ1v) is 7.85. The minimum atomic E-state index is -0.415. The van der Waals surface area contributed by atoms with Gasteiger partial charge in [-0.15, -0.1) is 0 Å². The summed E-state index contributed by atoms with van der Waals surface area (Å²) in [5.74, 6) is -0.535. The lowest BCUT2D eigenvalue weighted by Gasteiger charge is -2.34. The summed E-state index contributed by atoms with van der Waals surface area (Å²) >= 11 is 0. The summed E-state index contributed by atoms with van der Waals surface area (Å²) in [4.78, 5) is 21.9. The van der Waals surface area contributed by atoms with E-state index in [9.17, 15) is 9.18 Å². The van der Waals surface area contributed by atoms with Gasteiger partial charge in [0.1, 0.15) is 11.3 Å². The normalized spacial score (nSPS) is 16.1. The van der Waals surface area contributed by atoms with Crippen molar-refractivity contribution in [3.63, 3.8) is 0 Å². The summed E-state index contributed by atoms with van der Waals surface area (Å²) in [5, 5.41) is 3.31. The van der Waals surface area contributed by atoms with Crippen molar-refractivity contribution in [2.75, 3.05) is 19.6 Å². The summed E-state index contributed by atoms with van der Waals surface area (Å²) in [6.45, 7) is 4.57. The standard InChI is InChI=1S/C16H21FN4O/c1-2-7-21(12-3-5-18-6-4-12)16(22)13-8-11(17)9-14-15(13)20-10-19-14/h8-10,12,18H,2-7H2,1H3,(H,19,20).